The number of fused-ring (bicyclic) bond motifs is 1. The number of benzene rings is 2. The Balaban J connectivity index is 0.000000221. The SMILES string of the molecule is C=C/C(=C\C=C/C)C(CO)C(C)N.CC(CC(C)c1c[nH]c2cc(F)ccc12)=C1CC1.c1ccccc1. The van der Waals surface area contributed by atoms with E-state index in [2.05, 4.69) is 25.4 Å². The number of H-pyrrole nitrogens is 1. The summed E-state index contributed by atoms with van der Waals surface area (Å²) >= 11 is 0. The van der Waals surface area contributed by atoms with Gasteiger partial charge in [0.15, 0.2) is 0 Å². The molecule has 3 aromatic rings. The Morgan fingerprint density at radius 1 is 1.14 bits per heavy atom. The van der Waals surface area contributed by atoms with Crippen molar-refractivity contribution in [1.29, 1.82) is 0 Å². The standard InChI is InChI=1S/C16H18FN.C11H19NO.C6H6/c1-10(12-3-4-12)7-11(2)15-9-18-16-8-13(17)5-6-14(15)16;1-4-6-7-10(5-2)11(8-13)9(3)12;1-2-4-6-5-3-1/h5-6,8-9,11,18H,3-4,7H2,1-2H3;4-7,9,11,13H,2,8,12H2,1,3H3;1-6H/b;6-4-,10-7+;. The summed E-state index contributed by atoms with van der Waals surface area (Å²) in [5.74, 6) is 0.283. The minimum absolute atomic E-state index is 0.0197. The van der Waals surface area contributed by atoms with Gasteiger partial charge in [-0.2, -0.15) is 0 Å². The molecule has 1 saturated carbocycles. The first-order valence-corrected chi connectivity index (χ1v) is 13.1. The first-order chi connectivity index (χ1) is 17.8. The number of hydrogen-bond acceptors (Lipinski definition) is 2. The van der Waals surface area contributed by atoms with E-state index in [4.69, 9.17) is 10.8 Å². The third-order valence-corrected chi connectivity index (χ3v) is 6.57. The van der Waals surface area contributed by atoms with Gasteiger partial charge in [0.2, 0.25) is 0 Å². The minimum atomic E-state index is -0.181. The van der Waals surface area contributed by atoms with Crippen LogP contribution in [0.2, 0.25) is 0 Å². The fourth-order valence-corrected chi connectivity index (χ4v) is 4.24. The third kappa shape index (κ3) is 9.99. The number of aliphatic hydroxyl groups excluding tert-OH is 1. The van der Waals surface area contributed by atoms with E-state index in [1.807, 2.05) is 80.7 Å². The van der Waals surface area contributed by atoms with E-state index in [-0.39, 0.29) is 24.4 Å². The second-order valence-corrected chi connectivity index (χ2v) is 9.62. The van der Waals surface area contributed by atoms with Crippen LogP contribution in [0.3, 0.4) is 0 Å². The number of allylic oxidation sites excluding steroid dienone is 6. The third-order valence-electron chi connectivity index (χ3n) is 6.57. The molecule has 3 atom stereocenters. The van der Waals surface area contributed by atoms with Crippen LogP contribution in [0.5, 0.6) is 0 Å². The highest BCUT2D eigenvalue weighted by Gasteiger charge is 2.18. The van der Waals surface area contributed by atoms with Gasteiger partial charge in [-0.05, 0) is 75.3 Å². The van der Waals surface area contributed by atoms with Gasteiger partial charge in [-0.15, -0.1) is 0 Å². The molecule has 0 radical (unpaired) electrons. The fraction of sp³-hybridized carbons (Fsp3) is 0.333. The molecule has 4 rings (SSSR count). The molecule has 4 heteroatoms. The number of aromatic nitrogens is 1. The van der Waals surface area contributed by atoms with Crippen molar-refractivity contribution in [2.45, 2.75) is 58.9 Å². The number of aliphatic hydroxyl groups is 1. The molecule has 0 bridgehead atoms. The fourth-order valence-electron chi connectivity index (χ4n) is 4.24. The molecule has 2 aromatic carbocycles. The molecular weight excluding hydrogens is 459 g/mol. The maximum absolute atomic E-state index is 13.1. The van der Waals surface area contributed by atoms with Crippen LogP contribution in [0, 0.1) is 11.7 Å². The van der Waals surface area contributed by atoms with Gasteiger partial charge in [-0.3, -0.25) is 0 Å². The first kappa shape index (κ1) is 30.0. The van der Waals surface area contributed by atoms with Crippen molar-refractivity contribution in [3.05, 3.63) is 120 Å². The molecular formula is C33H43FN2O. The van der Waals surface area contributed by atoms with Crippen molar-refractivity contribution in [3.8, 4) is 0 Å². The van der Waals surface area contributed by atoms with Crippen molar-refractivity contribution in [1.82, 2.24) is 4.98 Å². The van der Waals surface area contributed by atoms with Gasteiger partial charge < -0.3 is 15.8 Å². The van der Waals surface area contributed by atoms with Crippen LogP contribution in [0.25, 0.3) is 10.9 Å². The van der Waals surface area contributed by atoms with Crippen molar-refractivity contribution < 1.29 is 9.50 Å². The van der Waals surface area contributed by atoms with E-state index in [9.17, 15) is 4.39 Å². The summed E-state index contributed by atoms with van der Waals surface area (Å²) in [4.78, 5) is 3.17. The molecule has 1 aliphatic carbocycles. The maximum atomic E-state index is 13.1. The minimum Gasteiger partial charge on any atom is -0.396 e. The number of nitrogens with one attached hydrogen (secondary N) is 1. The average Bonchev–Trinajstić information content (AvgIpc) is 3.67. The van der Waals surface area contributed by atoms with E-state index in [0.29, 0.717) is 5.92 Å². The number of nitrogens with two attached hydrogens (primary N) is 1. The Kier molecular flexibility index (Phi) is 12.8. The largest absolute Gasteiger partial charge is 0.396 e. The summed E-state index contributed by atoms with van der Waals surface area (Å²) in [6.45, 7) is 12.1. The predicted octanol–water partition coefficient (Wildman–Crippen LogP) is 8.23. The first-order valence-electron chi connectivity index (χ1n) is 13.1. The van der Waals surface area contributed by atoms with Crippen molar-refractivity contribution in [2.24, 2.45) is 11.7 Å². The van der Waals surface area contributed by atoms with Gasteiger partial charge >= 0.3 is 0 Å². The molecule has 3 unspecified atom stereocenters. The van der Waals surface area contributed by atoms with Crippen molar-refractivity contribution >= 4 is 10.9 Å². The lowest BCUT2D eigenvalue weighted by molar-refractivity contribution is 0.233. The van der Waals surface area contributed by atoms with Crippen LogP contribution in [-0.2, 0) is 0 Å². The highest BCUT2D eigenvalue weighted by Crippen LogP contribution is 2.37. The molecule has 0 spiro atoms. The summed E-state index contributed by atoms with van der Waals surface area (Å²) in [6.07, 6.45) is 13.2. The molecule has 0 aliphatic heterocycles. The summed E-state index contributed by atoms with van der Waals surface area (Å²) in [6, 6.07) is 16.9. The molecule has 1 heterocycles. The molecule has 3 nitrogen and oxygen atoms in total. The predicted molar refractivity (Wildman–Crippen MR) is 157 cm³/mol. The smallest absolute Gasteiger partial charge is 0.125 e. The van der Waals surface area contributed by atoms with E-state index >= 15 is 0 Å². The average molecular weight is 503 g/mol. The highest BCUT2D eigenvalue weighted by molar-refractivity contribution is 5.83. The molecule has 1 aromatic heterocycles. The van der Waals surface area contributed by atoms with Gasteiger partial charge in [-0.25, -0.2) is 4.39 Å². The summed E-state index contributed by atoms with van der Waals surface area (Å²) in [5, 5.41) is 10.3. The lowest BCUT2D eigenvalue weighted by atomic mass is 9.93. The number of hydrogen-bond donors (Lipinski definition) is 3. The number of rotatable bonds is 8. The maximum Gasteiger partial charge on any atom is 0.125 e. The van der Waals surface area contributed by atoms with E-state index in [1.165, 1.54) is 18.4 Å². The zero-order valence-electron chi connectivity index (χ0n) is 22.8. The van der Waals surface area contributed by atoms with Crippen LogP contribution < -0.4 is 5.73 Å². The Labute approximate surface area is 222 Å². The van der Waals surface area contributed by atoms with Crippen LogP contribution in [-0.4, -0.2) is 22.7 Å². The zero-order valence-corrected chi connectivity index (χ0v) is 22.8. The second-order valence-electron chi connectivity index (χ2n) is 9.62. The molecule has 1 aliphatic rings. The summed E-state index contributed by atoms with van der Waals surface area (Å²) in [5.41, 5.74) is 12.1. The second kappa shape index (κ2) is 15.8. The highest BCUT2D eigenvalue weighted by atomic mass is 19.1. The van der Waals surface area contributed by atoms with Gasteiger partial charge in [-0.1, -0.05) is 85.4 Å². The van der Waals surface area contributed by atoms with Crippen molar-refractivity contribution in [2.75, 3.05) is 6.61 Å². The van der Waals surface area contributed by atoms with Crippen LogP contribution in [0.15, 0.2) is 108 Å². The summed E-state index contributed by atoms with van der Waals surface area (Å²) in [7, 11) is 0. The monoisotopic (exact) mass is 502 g/mol. The summed E-state index contributed by atoms with van der Waals surface area (Å²) < 4.78 is 13.1. The van der Waals surface area contributed by atoms with E-state index in [0.717, 1.165) is 22.9 Å². The lowest BCUT2D eigenvalue weighted by Gasteiger charge is -2.18. The molecule has 0 amide bonds. The molecule has 0 saturated heterocycles. The quantitative estimate of drug-likeness (QED) is 0.215. The van der Waals surface area contributed by atoms with Crippen LogP contribution in [0.4, 0.5) is 4.39 Å². The van der Waals surface area contributed by atoms with Crippen molar-refractivity contribution in [3.63, 3.8) is 0 Å². The number of aromatic amines is 1. The zero-order chi connectivity index (χ0) is 27.2. The Hall–Kier alpha value is -3.21. The van der Waals surface area contributed by atoms with E-state index in [1.54, 1.807) is 29.4 Å². The van der Waals surface area contributed by atoms with Crippen LogP contribution >= 0.6 is 0 Å². The van der Waals surface area contributed by atoms with Gasteiger partial charge in [0.1, 0.15) is 5.82 Å². The molecule has 37 heavy (non-hydrogen) atoms. The normalized spacial score (nSPS) is 15.2. The Morgan fingerprint density at radius 3 is 2.24 bits per heavy atom. The number of halogens is 1. The van der Waals surface area contributed by atoms with Gasteiger partial charge in [0.05, 0.1) is 6.61 Å². The lowest BCUT2D eigenvalue weighted by Crippen LogP contribution is -2.30. The molecule has 198 valence electrons. The van der Waals surface area contributed by atoms with E-state index < -0.39 is 0 Å². The topological polar surface area (TPSA) is 62.0 Å². The van der Waals surface area contributed by atoms with Gasteiger partial charge in [0, 0.05) is 29.1 Å². The Bertz CT molecular complexity index is 1150. The Morgan fingerprint density at radius 2 is 1.76 bits per heavy atom. The molecule has 1 fully saturated rings. The van der Waals surface area contributed by atoms with Gasteiger partial charge in [0.25, 0.3) is 0 Å². The molecule has 4 N–H and O–H groups in total. The van der Waals surface area contributed by atoms with Crippen LogP contribution in [0.1, 0.15) is 58.4 Å².